The summed E-state index contributed by atoms with van der Waals surface area (Å²) in [6, 6.07) is 23.2. The van der Waals surface area contributed by atoms with E-state index in [0.29, 0.717) is 12.2 Å². The third-order valence-electron chi connectivity index (χ3n) is 3.76. The SMILES string of the molecule is O=P(O)(CCCc1cccc2ccccc12)Oc1ccccc1. The van der Waals surface area contributed by atoms with Gasteiger partial charge in [-0.1, -0.05) is 60.7 Å². The van der Waals surface area contributed by atoms with E-state index in [4.69, 9.17) is 4.52 Å². The lowest BCUT2D eigenvalue weighted by Gasteiger charge is -2.13. The normalized spacial score (nSPS) is 13.6. The van der Waals surface area contributed by atoms with E-state index in [0.717, 1.165) is 6.42 Å². The van der Waals surface area contributed by atoms with Crippen LogP contribution >= 0.6 is 7.60 Å². The van der Waals surface area contributed by atoms with Gasteiger partial charge >= 0.3 is 7.60 Å². The second-order valence-corrected chi connectivity index (χ2v) is 7.41. The van der Waals surface area contributed by atoms with Gasteiger partial charge in [0.25, 0.3) is 0 Å². The summed E-state index contributed by atoms with van der Waals surface area (Å²) in [6.45, 7) is 0. The van der Waals surface area contributed by atoms with E-state index in [-0.39, 0.29) is 6.16 Å². The summed E-state index contributed by atoms with van der Waals surface area (Å²) in [4.78, 5) is 9.99. The zero-order valence-electron chi connectivity index (χ0n) is 12.8. The maximum Gasteiger partial charge on any atom is 0.376 e. The second kappa shape index (κ2) is 6.99. The van der Waals surface area contributed by atoms with Crippen LogP contribution in [0.1, 0.15) is 12.0 Å². The van der Waals surface area contributed by atoms with Crippen molar-refractivity contribution in [3.63, 3.8) is 0 Å². The first-order chi connectivity index (χ1) is 11.1. The molecule has 3 aromatic carbocycles. The first-order valence-electron chi connectivity index (χ1n) is 7.67. The molecule has 1 unspecified atom stereocenters. The van der Waals surface area contributed by atoms with Crippen LogP contribution in [0.3, 0.4) is 0 Å². The molecule has 0 spiro atoms. The Hall–Kier alpha value is -2.09. The molecule has 1 N–H and O–H groups in total. The molecule has 0 aliphatic carbocycles. The fraction of sp³-hybridized carbons (Fsp3) is 0.158. The molecule has 0 saturated heterocycles. The molecule has 0 aliphatic rings. The van der Waals surface area contributed by atoms with Gasteiger partial charge in [0.05, 0.1) is 6.16 Å². The Labute approximate surface area is 136 Å². The van der Waals surface area contributed by atoms with E-state index in [1.807, 2.05) is 24.3 Å². The minimum absolute atomic E-state index is 0.144. The highest BCUT2D eigenvalue weighted by Gasteiger charge is 2.20. The van der Waals surface area contributed by atoms with Crippen LogP contribution < -0.4 is 4.52 Å². The zero-order chi connectivity index (χ0) is 16.1. The van der Waals surface area contributed by atoms with Gasteiger partial charge in [-0.15, -0.1) is 0 Å². The molecule has 3 rings (SSSR count). The molecule has 4 heteroatoms. The molecule has 0 saturated carbocycles. The van der Waals surface area contributed by atoms with Gasteiger partial charge in [-0.25, -0.2) is 4.57 Å². The third-order valence-corrected chi connectivity index (χ3v) is 5.14. The van der Waals surface area contributed by atoms with Crippen molar-refractivity contribution in [1.82, 2.24) is 0 Å². The van der Waals surface area contributed by atoms with Crippen LogP contribution in [-0.2, 0) is 11.0 Å². The van der Waals surface area contributed by atoms with Crippen molar-refractivity contribution in [1.29, 1.82) is 0 Å². The number of hydrogen-bond donors (Lipinski definition) is 1. The number of rotatable bonds is 6. The monoisotopic (exact) mass is 326 g/mol. The zero-order valence-corrected chi connectivity index (χ0v) is 13.7. The number of fused-ring (bicyclic) bond motifs is 1. The van der Waals surface area contributed by atoms with Crippen molar-refractivity contribution in [3.05, 3.63) is 78.4 Å². The smallest absolute Gasteiger partial charge is 0.376 e. The lowest BCUT2D eigenvalue weighted by Crippen LogP contribution is -1.99. The van der Waals surface area contributed by atoms with Crippen molar-refractivity contribution in [2.45, 2.75) is 12.8 Å². The van der Waals surface area contributed by atoms with E-state index in [1.165, 1.54) is 16.3 Å². The molecular weight excluding hydrogens is 307 g/mol. The van der Waals surface area contributed by atoms with Crippen LogP contribution in [0.5, 0.6) is 5.75 Å². The predicted octanol–water partition coefficient (Wildman–Crippen LogP) is 5.04. The molecule has 0 heterocycles. The maximum atomic E-state index is 12.2. The number of aryl methyl sites for hydroxylation is 1. The van der Waals surface area contributed by atoms with Crippen molar-refractivity contribution in [2.24, 2.45) is 0 Å². The molecule has 118 valence electrons. The van der Waals surface area contributed by atoms with Gasteiger partial charge in [-0.05, 0) is 41.3 Å². The lowest BCUT2D eigenvalue weighted by atomic mass is 10.0. The molecular formula is C19H19O3P. The fourth-order valence-electron chi connectivity index (χ4n) is 2.67. The third kappa shape index (κ3) is 4.22. The van der Waals surface area contributed by atoms with Crippen molar-refractivity contribution < 1.29 is 14.0 Å². The summed E-state index contributed by atoms with van der Waals surface area (Å²) >= 11 is 0. The first kappa shape index (κ1) is 15.8. The Balaban J connectivity index is 1.63. The van der Waals surface area contributed by atoms with Gasteiger partial charge in [-0.3, -0.25) is 0 Å². The van der Waals surface area contributed by atoms with E-state index in [1.54, 1.807) is 24.3 Å². The molecule has 0 radical (unpaired) electrons. The predicted molar refractivity (Wildman–Crippen MR) is 94.0 cm³/mol. The molecule has 0 aliphatic heterocycles. The van der Waals surface area contributed by atoms with Crippen LogP contribution in [0.15, 0.2) is 72.8 Å². The topological polar surface area (TPSA) is 46.5 Å². The summed E-state index contributed by atoms with van der Waals surface area (Å²) in [7, 11) is -3.61. The standard InChI is InChI=1S/C19H19O3P/c20-23(21,22-18-12-2-1-3-13-18)15-7-11-17-10-6-9-16-8-4-5-14-19(16)17/h1-6,8-10,12-14H,7,11,15H2,(H,20,21). The summed E-state index contributed by atoms with van der Waals surface area (Å²) in [5, 5.41) is 2.39. The maximum absolute atomic E-state index is 12.2. The van der Waals surface area contributed by atoms with E-state index in [2.05, 4.69) is 24.3 Å². The number of benzene rings is 3. The van der Waals surface area contributed by atoms with Crippen LogP contribution in [0.2, 0.25) is 0 Å². The van der Waals surface area contributed by atoms with Gasteiger partial charge in [0.15, 0.2) is 0 Å². The van der Waals surface area contributed by atoms with Crippen molar-refractivity contribution in [2.75, 3.05) is 6.16 Å². The molecule has 0 fully saturated rings. The Morgan fingerprint density at radius 1 is 0.870 bits per heavy atom. The Kier molecular flexibility index (Phi) is 4.80. The molecule has 1 atom stereocenters. The Bertz CT molecular complexity index is 825. The number of para-hydroxylation sites is 1. The first-order valence-corrected chi connectivity index (χ1v) is 9.43. The van der Waals surface area contributed by atoms with Crippen LogP contribution in [-0.4, -0.2) is 11.1 Å². The Morgan fingerprint density at radius 2 is 1.57 bits per heavy atom. The van der Waals surface area contributed by atoms with E-state index >= 15 is 0 Å². The minimum Gasteiger partial charge on any atom is -0.424 e. The molecule has 0 amide bonds. The quantitative estimate of drug-likeness (QED) is 0.646. The molecule has 3 aromatic rings. The molecule has 23 heavy (non-hydrogen) atoms. The lowest BCUT2D eigenvalue weighted by molar-refractivity contribution is 0.378. The van der Waals surface area contributed by atoms with Gasteiger partial charge in [-0.2, -0.15) is 0 Å². The van der Waals surface area contributed by atoms with Gasteiger partial charge < -0.3 is 9.42 Å². The van der Waals surface area contributed by atoms with Gasteiger partial charge in [0.1, 0.15) is 5.75 Å². The highest BCUT2D eigenvalue weighted by atomic mass is 31.2. The van der Waals surface area contributed by atoms with Crippen molar-refractivity contribution in [3.8, 4) is 5.75 Å². The summed E-state index contributed by atoms with van der Waals surface area (Å²) in [6.07, 6.45) is 1.50. The minimum atomic E-state index is -3.61. The number of hydrogen-bond acceptors (Lipinski definition) is 2. The summed E-state index contributed by atoms with van der Waals surface area (Å²) < 4.78 is 17.4. The molecule has 0 bridgehead atoms. The largest absolute Gasteiger partial charge is 0.424 e. The van der Waals surface area contributed by atoms with Crippen molar-refractivity contribution >= 4 is 18.4 Å². The summed E-state index contributed by atoms with van der Waals surface area (Å²) in [5.41, 5.74) is 1.20. The van der Waals surface area contributed by atoms with Crippen LogP contribution in [0.4, 0.5) is 0 Å². The molecule has 3 nitrogen and oxygen atoms in total. The van der Waals surface area contributed by atoms with Gasteiger partial charge in [0.2, 0.25) is 0 Å². The summed E-state index contributed by atoms with van der Waals surface area (Å²) in [5.74, 6) is 0.434. The highest BCUT2D eigenvalue weighted by molar-refractivity contribution is 7.53. The average Bonchev–Trinajstić information content (AvgIpc) is 2.55. The molecule has 0 aromatic heterocycles. The van der Waals surface area contributed by atoms with Crippen LogP contribution in [0, 0.1) is 0 Å². The average molecular weight is 326 g/mol. The van der Waals surface area contributed by atoms with E-state index in [9.17, 15) is 9.46 Å². The highest BCUT2D eigenvalue weighted by Crippen LogP contribution is 2.43. The van der Waals surface area contributed by atoms with Crippen LogP contribution in [0.25, 0.3) is 10.8 Å². The fourth-order valence-corrected chi connectivity index (χ4v) is 3.77. The van der Waals surface area contributed by atoms with Gasteiger partial charge in [0, 0.05) is 0 Å². The Morgan fingerprint density at radius 3 is 2.39 bits per heavy atom. The second-order valence-electron chi connectivity index (χ2n) is 5.51. The van der Waals surface area contributed by atoms with E-state index < -0.39 is 7.60 Å².